The number of ether oxygens (including phenoxy) is 2. The zero-order valence-electron chi connectivity index (χ0n) is 20.3. The molecule has 0 unspecified atom stereocenters. The number of amides is 4. The molecule has 188 valence electrons. The van der Waals surface area contributed by atoms with Crippen LogP contribution in [-0.2, 0) is 31.1 Å². The average Bonchev–Trinajstić information content (AvgIpc) is 3.41. The van der Waals surface area contributed by atoms with Crippen molar-refractivity contribution < 1.29 is 28.7 Å². The molecule has 36 heavy (non-hydrogen) atoms. The molecule has 4 atom stereocenters. The van der Waals surface area contributed by atoms with E-state index in [0.717, 1.165) is 11.1 Å². The van der Waals surface area contributed by atoms with Gasteiger partial charge >= 0.3 is 0 Å². The Labute approximate surface area is 208 Å². The van der Waals surface area contributed by atoms with Crippen molar-refractivity contribution in [2.24, 2.45) is 17.6 Å². The predicted octanol–water partition coefficient (Wildman–Crippen LogP) is 0.851. The van der Waals surface area contributed by atoms with E-state index >= 15 is 0 Å². The number of primary amides is 1. The molecule has 0 bridgehead atoms. The quantitative estimate of drug-likeness (QED) is 0.487. The number of carbonyl (C=O) groups excluding carboxylic acids is 4. The molecule has 4 amide bonds. The fourth-order valence-corrected chi connectivity index (χ4v) is 5.86. The summed E-state index contributed by atoms with van der Waals surface area (Å²) in [6.45, 7) is 2.02. The van der Waals surface area contributed by atoms with E-state index in [0.29, 0.717) is 29.2 Å². The molecule has 2 aromatic rings. The molecule has 0 aromatic heterocycles. The molecule has 0 radical (unpaired) electrons. The van der Waals surface area contributed by atoms with Gasteiger partial charge in [-0.2, -0.15) is 0 Å². The highest BCUT2D eigenvalue weighted by Gasteiger charge is 2.70. The number of nitrogens with two attached hydrogens (primary N) is 1. The third kappa shape index (κ3) is 3.43. The summed E-state index contributed by atoms with van der Waals surface area (Å²) in [7, 11) is 3.08. The smallest absolute Gasteiger partial charge is 0.250 e. The first-order valence-electron chi connectivity index (χ1n) is 11.8. The number of carbonyl (C=O) groups is 4. The van der Waals surface area contributed by atoms with Gasteiger partial charge in [0, 0.05) is 30.3 Å². The molecule has 3 aliphatic heterocycles. The van der Waals surface area contributed by atoms with Crippen LogP contribution >= 0.6 is 0 Å². The molecule has 3 aliphatic rings. The third-order valence-corrected chi connectivity index (χ3v) is 7.45. The summed E-state index contributed by atoms with van der Waals surface area (Å²) in [5, 5.41) is 6.05. The van der Waals surface area contributed by atoms with Gasteiger partial charge in [0.1, 0.15) is 5.54 Å². The first-order valence-corrected chi connectivity index (χ1v) is 11.8. The maximum atomic E-state index is 13.8. The van der Waals surface area contributed by atoms with E-state index in [1.165, 1.54) is 12.0 Å². The topological polar surface area (TPSA) is 140 Å². The summed E-state index contributed by atoms with van der Waals surface area (Å²) in [6.07, 6.45) is 0.222. The number of fused-ring (bicyclic) bond motifs is 4. The molecule has 0 aliphatic carbocycles. The SMILES string of the molecule is COc1ccc(CCN2C(=O)[C@@H]3[C@H](CC(N)=O)N[C@]4(C(=O)Nc5ccc(C)cc54)[C@H]3C2=O)cc1OC. The number of methoxy groups -OCH3 is 2. The predicted molar refractivity (Wildman–Crippen MR) is 129 cm³/mol. The van der Waals surface area contributed by atoms with Crippen LogP contribution in [0.25, 0.3) is 0 Å². The largest absolute Gasteiger partial charge is 0.493 e. The van der Waals surface area contributed by atoms with Gasteiger partial charge in [-0.1, -0.05) is 23.8 Å². The van der Waals surface area contributed by atoms with E-state index in [1.807, 2.05) is 25.1 Å². The Balaban J connectivity index is 1.49. The van der Waals surface area contributed by atoms with Crippen LogP contribution in [0.2, 0.25) is 0 Å². The summed E-state index contributed by atoms with van der Waals surface area (Å²) in [6, 6.07) is 10.2. The van der Waals surface area contributed by atoms with Gasteiger partial charge in [0.15, 0.2) is 11.5 Å². The third-order valence-electron chi connectivity index (χ3n) is 7.45. The van der Waals surface area contributed by atoms with E-state index < -0.39 is 47.0 Å². The van der Waals surface area contributed by atoms with E-state index in [9.17, 15) is 19.2 Å². The minimum Gasteiger partial charge on any atom is -0.493 e. The van der Waals surface area contributed by atoms with Crippen molar-refractivity contribution >= 4 is 29.3 Å². The number of likely N-dealkylation sites (tertiary alicyclic amines) is 1. The number of anilines is 1. The number of nitrogens with zero attached hydrogens (tertiary/aromatic N) is 1. The molecule has 2 saturated heterocycles. The Morgan fingerprint density at radius 2 is 1.81 bits per heavy atom. The van der Waals surface area contributed by atoms with Crippen molar-refractivity contribution in [2.45, 2.75) is 31.3 Å². The van der Waals surface area contributed by atoms with Gasteiger partial charge in [0.2, 0.25) is 23.6 Å². The normalized spacial score (nSPS) is 26.2. The lowest BCUT2D eigenvalue weighted by atomic mass is 9.76. The molecule has 1 spiro atoms. The van der Waals surface area contributed by atoms with Crippen molar-refractivity contribution in [3.8, 4) is 11.5 Å². The Hall–Kier alpha value is -3.92. The second-order valence-corrected chi connectivity index (χ2v) is 9.50. The van der Waals surface area contributed by atoms with Crippen molar-refractivity contribution in [1.82, 2.24) is 10.2 Å². The van der Waals surface area contributed by atoms with Crippen LogP contribution in [0.15, 0.2) is 36.4 Å². The number of benzene rings is 2. The minimum absolute atomic E-state index is 0.127. The van der Waals surface area contributed by atoms with Gasteiger partial charge in [-0.05, 0) is 37.1 Å². The minimum atomic E-state index is -1.45. The van der Waals surface area contributed by atoms with Crippen LogP contribution in [0, 0.1) is 18.8 Å². The number of rotatable bonds is 7. The summed E-state index contributed by atoms with van der Waals surface area (Å²) < 4.78 is 10.6. The van der Waals surface area contributed by atoms with Crippen LogP contribution in [0.3, 0.4) is 0 Å². The van der Waals surface area contributed by atoms with Crippen molar-refractivity contribution in [3.05, 3.63) is 53.1 Å². The van der Waals surface area contributed by atoms with Gasteiger partial charge in [-0.25, -0.2) is 0 Å². The first-order chi connectivity index (χ1) is 17.2. The van der Waals surface area contributed by atoms with Crippen molar-refractivity contribution in [2.75, 3.05) is 26.1 Å². The highest BCUT2D eigenvalue weighted by atomic mass is 16.5. The number of imide groups is 1. The number of hydrogen-bond acceptors (Lipinski definition) is 7. The summed E-state index contributed by atoms with van der Waals surface area (Å²) in [5.41, 5.74) is 6.99. The maximum Gasteiger partial charge on any atom is 0.250 e. The fourth-order valence-electron chi connectivity index (χ4n) is 5.86. The Morgan fingerprint density at radius 1 is 1.06 bits per heavy atom. The van der Waals surface area contributed by atoms with Gasteiger partial charge < -0.3 is 20.5 Å². The van der Waals surface area contributed by atoms with Crippen LogP contribution < -0.4 is 25.8 Å². The van der Waals surface area contributed by atoms with E-state index in [1.54, 1.807) is 25.3 Å². The van der Waals surface area contributed by atoms with Crippen molar-refractivity contribution in [1.29, 1.82) is 0 Å². The Morgan fingerprint density at radius 3 is 2.50 bits per heavy atom. The van der Waals surface area contributed by atoms with E-state index in [2.05, 4.69) is 10.6 Å². The van der Waals surface area contributed by atoms with E-state index in [4.69, 9.17) is 15.2 Å². The van der Waals surface area contributed by atoms with Gasteiger partial charge in [-0.15, -0.1) is 0 Å². The number of hydrogen-bond donors (Lipinski definition) is 3. The molecule has 4 N–H and O–H groups in total. The van der Waals surface area contributed by atoms with Crippen LogP contribution in [0.1, 0.15) is 23.1 Å². The van der Waals surface area contributed by atoms with Crippen LogP contribution in [0.5, 0.6) is 11.5 Å². The average molecular weight is 493 g/mol. The molecule has 10 nitrogen and oxygen atoms in total. The van der Waals surface area contributed by atoms with Gasteiger partial charge in [-0.3, -0.25) is 29.4 Å². The maximum absolute atomic E-state index is 13.8. The summed E-state index contributed by atoms with van der Waals surface area (Å²) >= 11 is 0. The fraction of sp³-hybridized carbons (Fsp3) is 0.385. The highest BCUT2D eigenvalue weighted by molar-refractivity contribution is 6.15. The highest BCUT2D eigenvalue weighted by Crippen LogP contribution is 2.53. The zero-order valence-corrected chi connectivity index (χ0v) is 20.3. The molecule has 2 fully saturated rings. The second kappa shape index (κ2) is 8.63. The number of nitrogens with one attached hydrogen (secondary N) is 2. The van der Waals surface area contributed by atoms with Gasteiger partial charge in [0.05, 0.1) is 26.1 Å². The molecular formula is C26H28N4O6. The lowest BCUT2D eigenvalue weighted by molar-refractivity contribution is -0.142. The lowest BCUT2D eigenvalue weighted by Gasteiger charge is -2.29. The standard InChI is InChI=1S/C26H28N4O6/c1-13-4-6-16-15(10-13)26(25(34)28-16)22-21(17(29-26)12-20(27)31)23(32)30(24(22)33)9-8-14-5-7-18(35-2)19(11-14)36-3/h4-7,10-11,17,21-22,29H,8-9,12H2,1-3H3,(H2,27,31)(H,28,34)/t17-,21+,22+,26-/m0/s1. The molecule has 10 heteroatoms. The van der Waals surface area contributed by atoms with Crippen molar-refractivity contribution in [3.63, 3.8) is 0 Å². The number of aryl methyl sites for hydroxylation is 1. The second-order valence-electron chi connectivity index (χ2n) is 9.50. The molecule has 2 aromatic carbocycles. The molecule has 5 rings (SSSR count). The summed E-state index contributed by atoms with van der Waals surface area (Å²) in [5.74, 6) is -2.61. The van der Waals surface area contributed by atoms with Crippen LogP contribution in [-0.4, -0.2) is 55.3 Å². The summed E-state index contributed by atoms with van der Waals surface area (Å²) in [4.78, 5) is 53.9. The molecular weight excluding hydrogens is 464 g/mol. The first kappa shape index (κ1) is 23.8. The Kier molecular flexibility index (Phi) is 5.71. The molecule has 3 heterocycles. The zero-order chi connectivity index (χ0) is 25.8. The van der Waals surface area contributed by atoms with E-state index in [-0.39, 0.29) is 13.0 Å². The van der Waals surface area contributed by atoms with Gasteiger partial charge in [0.25, 0.3) is 0 Å². The lowest BCUT2D eigenvalue weighted by Crippen LogP contribution is -2.53. The Bertz CT molecular complexity index is 1290. The molecule has 0 saturated carbocycles. The van der Waals surface area contributed by atoms with Crippen LogP contribution in [0.4, 0.5) is 5.69 Å². The monoisotopic (exact) mass is 492 g/mol.